The van der Waals surface area contributed by atoms with E-state index in [-0.39, 0.29) is 29.8 Å². The van der Waals surface area contributed by atoms with Crippen molar-refractivity contribution in [2.24, 2.45) is 4.99 Å². The maximum Gasteiger partial charge on any atom is 0.194 e. The summed E-state index contributed by atoms with van der Waals surface area (Å²) in [5.74, 6) is 0.796. The van der Waals surface area contributed by atoms with Gasteiger partial charge in [0.1, 0.15) is 5.82 Å². The molecular formula is C24H40FIN6O. The van der Waals surface area contributed by atoms with Gasteiger partial charge in [-0.1, -0.05) is 13.0 Å². The van der Waals surface area contributed by atoms with Crippen LogP contribution in [-0.2, 0) is 11.3 Å². The van der Waals surface area contributed by atoms with Gasteiger partial charge in [-0.2, -0.15) is 0 Å². The van der Waals surface area contributed by atoms with Gasteiger partial charge in [0.2, 0.25) is 0 Å². The molecule has 0 aromatic heterocycles. The van der Waals surface area contributed by atoms with Crippen molar-refractivity contribution >= 4 is 35.6 Å². The van der Waals surface area contributed by atoms with Crippen LogP contribution in [0.2, 0.25) is 0 Å². The zero-order valence-corrected chi connectivity index (χ0v) is 22.5. The van der Waals surface area contributed by atoms with Gasteiger partial charge in [0.25, 0.3) is 0 Å². The van der Waals surface area contributed by atoms with E-state index in [9.17, 15) is 4.39 Å². The van der Waals surface area contributed by atoms with E-state index in [1.807, 2.05) is 12.1 Å². The molecule has 0 bridgehead atoms. The normalized spacial score (nSPS) is 23.0. The summed E-state index contributed by atoms with van der Waals surface area (Å²) in [6, 6.07) is 6.18. The molecule has 9 heteroatoms. The van der Waals surface area contributed by atoms with Crippen molar-refractivity contribution in [3.63, 3.8) is 0 Å². The minimum atomic E-state index is -0.138. The molecule has 0 saturated carbocycles. The standard InChI is InChI=1S/C24H39FN6O.HI/c1-3-26-24(31-8-7-21(19-31)29-13-15-32-16-14-29)27-18-20-5-6-23(22(25)17-20)30-11-9-28(4-2)10-12-30;/h5-6,17,21H,3-4,7-16,18-19H2,1-2H3,(H,26,27);1H. The van der Waals surface area contributed by atoms with Crippen molar-refractivity contribution < 1.29 is 9.13 Å². The quantitative estimate of drug-likeness (QED) is 0.320. The van der Waals surface area contributed by atoms with Crippen LogP contribution in [-0.4, -0.2) is 105 Å². The first kappa shape index (κ1) is 26.4. The molecule has 4 rings (SSSR count). The van der Waals surface area contributed by atoms with Gasteiger partial charge in [-0.15, -0.1) is 24.0 Å². The van der Waals surface area contributed by atoms with Crippen LogP contribution >= 0.6 is 24.0 Å². The SMILES string of the molecule is CCNC(=NCc1ccc(N2CCN(CC)CC2)c(F)c1)N1CCC(N2CCOCC2)C1.I. The molecule has 0 spiro atoms. The molecule has 3 heterocycles. The summed E-state index contributed by atoms with van der Waals surface area (Å²) in [7, 11) is 0. The summed E-state index contributed by atoms with van der Waals surface area (Å²) in [4.78, 5) is 14.3. The van der Waals surface area contributed by atoms with Crippen LogP contribution in [0.15, 0.2) is 23.2 Å². The molecular weight excluding hydrogens is 534 g/mol. The van der Waals surface area contributed by atoms with Gasteiger partial charge < -0.3 is 24.8 Å². The van der Waals surface area contributed by atoms with Crippen LogP contribution in [0.25, 0.3) is 0 Å². The van der Waals surface area contributed by atoms with E-state index >= 15 is 0 Å². The number of morpholine rings is 1. The number of likely N-dealkylation sites (N-methyl/N-ethyl adjacent to an activating group) is 1. The lowest BCUT2D eigenvalue weighted by atomic mass is 10.1. The van der Waals surface area contributed by atoms with Crippen molar-refractivity contribution in [2.45, 2.75) is 32.9 Å². The van der Waals surface area contributed by atoms with Gasteiger partial charge in [-0.25, -0.2) is 9.38 Å². The summed E-state index contributed by atoms with van der Waals surface area (Å²) in [6.07, 6.45) is 1.15. The molecule has 3 aliphatic rings. The van der Waals surface area contributed by atoms with Crippen LogP contribution in [0.4, 0.5) is 10.1 Å². The molecule has 1 aromatic carbocycles. The molecule has 1 N–H and O–H groups in total. The first-order valence-electron chi connectivity index (χ1n) is 12.3. The predicted octanol–water partition coefficient (Wildman–Crippen LogP) is 2.46. The molecule has 33 heavy (non-hydrogen) atoms. The number of nitrogens with one attached hydrogen (secondary N) is 1. The molecule has 1 aromatic rings. The highest BCUT2D eigenvalue weighted by Gasteiger charge is 2.30. The number of benzene rings is 1. The van der Waals surface area contributed by atoms with E-state index in [1.165, 1.54) is 0 Å². The Labute approximate surface area is 215 Å². The summed E-state index contributed by atoms with van der Waals surface area (Å²) >= 11 is 0. The number of nitrogens with zero attached hydrogens (tertiary/aromatic N) is 5. The molecule has 0 radical (unpaired) electrons. The van der Waals surface area contributed by atoms with Gasteiger partial charge >= 0.3 is 0 Å². The second-order valence-corrected chi connectivity index (χ2v) is 8.91. The largest absolute Gasteiger partial charge is 0.379 e. The van der Waals surface area contributed by atoms with Crippen molar-refractivity contribution in [3.05, 3.63) is 29.6 Å². The lowest BCUT2D eigenvalue weighted by molar-refractivity contribution is 0.0195. The van der Waals surface area contributed by atoms with Crippen molar-refractivity contribution in [2.75, 3.05) is 83.6 Å². The van der Waals surface area contributed by atoms with E-state index in [4.69, 9.17) is 9.73 Å². The smallest absolute Gasteiger partial charge is 0.194 e. The number of ether oxygens (including phenoxy) is 1. The van der Waals surface area contributed by atoms with Gasteiger partial charge in [-0.05, 0) is 37.6 Å². The Morgan fingerprint density at radius 2 is 1.85 bits per heavy atom. The fourth-order valence-electron chi connectivity index (χ4n) is 4.98. The maximum absolute atomic E-state index is 14.9. The number of hydrogen-bond donors (Lipinski definition) is 1. The Kier molecular flexibility index (Phi) is 10.5. The third-order valence-electron chi connectivity index (χ3n) is 6.94. The molecule has 1 unspecified atom stereocenters. The van der Waals surface area contributed by atoms with Crippen molar-refractivity contribution in [1.29, 1.82) is 0 Å². The Balaban J connectivity index is 0.00000306. The zero-order valence-electron chi connectivity index (χ0n) is 20.1. The average Bonchev–Trinajstić information content (AvgIpc) is 3.33. The van der Waals surface area contributed by atoms with E-state index in [0.29, 0.717) is 18.3 Å². The fourth-order valence-corrected chi connectivity index (χ4v) is 4.98. The van der Waals surface area contributed by atoms with Crippen LogP contribution in [0, 0.1) is 5.82 Å². The van der Waals surface area contributed by atoms with E-state index in [1.54, 1.807) is 6.07 Å². The monoisotopic (exact) mass is 574 g/mol. The average molecular weight is 575 g/mol. The second kappa shape index (κ2) is 13.1. The predicted molar refractivity (Wildman–Crippen MR) is 143 cm³/mol. The Morgan fingerprint density at radius 3 is 2.52 bits per heavy atom. The minimum absolute atomic E-state index is 0. The number of piperazine rings is 1. The highest BCUT2D eigenvalue weighted by atomic mass is 127. The molecule has 1 atom stereocenters. The molecule has 7 nitrogen and oxygen atoms in total. The van der Waals surface area contributed by atoms with Gasteiger partial charge in [0.15, 0.2) is 5.96 Å². The number of halogens is 2. The molecule has 3 aliphatic heterocycles. The van der Waals surface area contributed by atoms with Gasteiger partial charge in [0, 0.05) is 64.9 Å². The van der Waals surface area contributed by atoms with Gasteiger partial charge in [-0.3, -0.25) is 4.90 Å². The van der Waals surface area contributed by atoms with Crippen molar-refractivity contribution in [3.8, 4) is 0 Å². The second-order valence-electron chi connectivity index (χ2n) is 8.91. The third kappa shape index (κ3) is 6.93. The Morgan fingerprint density at radius 1 is 1.09 bits per heavy atom. The summed E-state index contributed by atoms with van der Waals surface area (Å²) < 4.78 is 20.4. The zero-order chi connectivity index (χ0) is 22.3. The Hall–Kier alpha value is -1.17. The molecule has 0 amide bonds. The lowest BCUT2D eigenvalue weighted by Crippen LogP contribution is -2.46. The van der Waals surface area contributed by atoms with Crippen molar-refractivity contribution in [1.82, 2.24) is 20.0 Å². The molecule has 0 aliphatic carbocycles. The molecule has 3 saturated heterocycles. The highest BCUT2D eigenvalue weighted by molar-refractivity contribution is 14.0. The lowest BCUT2D eigenvalue weighted by Gasteiger charge is -2.35. The van der Waals surface area contributed by atoms with E-state index in [0.717, 1.165) is 96.6 Å². The van der Waals surface area contributed by atoms with Crippen LogP contribution in [0.3, 0.4) is 0 Å². The van der Waals surface area contributed by atoms with Crippen LogP contribution in [0.1, 0.15) is 25.8 Å². The third-order valence-corrected chi connectivity index (χ3v) is 6.94. The van der Waals surface area contributed by atoms with Crippen LogP contribution in [0.5, 0.6) is 0 Å². The Bertz CT molecular complexity index is 767. The summed E-state index contributed by atoms with van der Waals surface area (Å²) in [5, 5.41) is 3.43. The van der Waals surface area contributed by atoms with Crippen LogP contribution < -0.4 is 10.2 Å². The van der Waals surface area contributed by atoms with E-state index < -0.39 is 0 Å². The van der Waals surface area contributed by atoms with Gasteiger partial charge in [0.05, 0.1) is 25.4 Å². The number of guanidine groups is 1. The number of anilines is 1. The molecule has 3 fully saturated rings. The highest BCUT2D eigenvalue weighted by Crippen LogP contribution is 2.23. The fraction of sp³-hybridized carbons (Fsp3) is 0.708. The number of aliphatic imine (C=N–C) groups is 1. The first-order chi connectivity index (χ1) is 15.7. The minimum Gasteiger partial charge on any atom is -0.379 e. The summed E-state index contributed by atoms with van der Waals surface area (Å²) in [6.45, 7) is 16.1. The summed E-state index contributed by atoms with van der Waals surface area (Å²) in [5.41, 5.74) is 1.63. The first-order valence-corrected chi connectivity index (χ1v) is 12.3. The topological polar surface area (TPSA) is 46.6 Å². The molecule has 186 valence electrons. The number of likely N-dealkylation sites (tertiary alicyclic amines) is 1. The number of rotatable bonds is 6. The van der Waals surface area contributed by atoms with E-state index in [2.05, 4.69) is 38.8 Å². The number of hydrogen-bond acceptors (Lipinski definition) is 5. The maximum atomic E-state index is 14.9.